The second kappa shape index (κ2) is 6.01. The van der Waals surface area contributed by atoms with Gasteiger partial charge in [-0.15, -0.1) is 0 Å². The number of nitrogens with zero attached hydrogens (tertiary/aromatic N) is 3. The lowest BCUT2D eigenvalue weighted by Gasteiger charge is -2.44. The van der Waals surface area contributed by atoms with Gasteiger partial charge in [-0.2, -0.15) is 5.26 Å². The molecule has 18 heavy (non-hydrogen) atoms. The Hall–Kier alpha value is -0.630. The van der Waals surface area contributed by atoms with E-state index >= 15 is 0 Å². The van der Waals surface area contributed by atoms with Crippen molar-refractivity contribution in [3.63, 3.8) is 0 Å². The molecule has 0 aromatic carbocycles. The lowest BCUT2D eigenvalue weighted by atomic mass is 9.97. The predicted molar refractivity (Wildman–Crippen MR) is 73.1 cm³/mol. The van der Waals surface area contributed by atoms with E-state index in [1.165, 1.54) is 45.4 Å². The first-order valence-corrected chi connectivity index (χ1v) is 7.27. The van der Waals surface area contributed by atoms with Gasteiger partial charge in [-0.3, -0.25) is 4.90 Å². The lowest BCUT2D eigenvalue weighted by molar-refractivity contribution is 0.0483. The highest BCUT2D eigenvalue weighted by molar-refractivity contribution is 5.00. The molecule has 2 saturated heterocycles. The molecular formula is C14H26N4. The highest BCUT2D eigenvalue weighted by Gasteiger charge is 2.28. The normalized spacial score (nSPS) is 29.3. The Kier molecular flexibility index (Phi) is 4.60. The van der Waals surface area contributed by atoms with Gasteiger partial charge in [0.1, 0.15) is 5.54 Å². The van der Waals surface area contributed by atoms with Crippen molar-refractivity contribution in [1.29, 1.82) is 5.26 Å². The van der Waals surface area contributed by atoms with Crippen LogP contribution in [-0.4, -0.2) is 54.1 Å². The molecule has 0 radical (unpaired) electrons. The number of nitriles is 1. The first-order chi connectivity index (χ1) is 8.61. The van der Waals surface area contributed by atoms with Crippen LogP contribution in [0, 0.1) is 11.3 Å². The molecule has 0 amide bonds. The van der Waals surface area contributed by atoms with Gasteiger partial charge in [-0.25, -0.2) is 0 Å². The average Bonchev–Trinajstić information content (AvgIpc) is 2.38. The molecule has 2 aliphatic heterocycles. The minimum absolute atomic E-state index is 0.646. The van der Waals surface area contributed by atoms with Gasteiger partial charge in [0.05, 0.1) is 6.07 Å². The van der Waals surface area contributed by atoms with Crippen LogP contribution in [0.3, 0.4) is 0 Å². The second-order valence-electron chi connectivity index (χ2n) is 6.12. The highest BCUT2D eigenvalue weighted by atomic mass is 15.3. The Labute approximate surface area is 111 Å². The summed E-state index contributed by atoms with van der Waals surface area (Å²) in [6.07, 6.45) is 5.97. The quantitative estimate of drug-likeness (QED) is 0.814. The predicted octanol–water partition coefficient (Wildman–Crippen LogP) is 1.18. The second-order valence-corrected chi connectivity index (χ2v) is 6.12. The van der Waals surface area contributed by atoms with Crippen LogP contribution in [0.15, 0.2) is 0 Å². The molecule has 0 aromatic heterocycles. The molecule has 4 heteroatoms. The van der Waals surface area contributed by atoms with Crippen LogP contribution in [0.5, 0.6) is 0 Å². The standard InChI is InChI=1S/C14H26N4/c1-14(16,12-15)6-4-7-17-9-10-18-8-3-2-5-13(18)11-17/h13H,2-11,16H2,1H3. The summed E-state index contributed by atoms with van der Waals surface area (Å²) in [5.74, 6) is 0. The fourth-order valence-corrected chi connectivity index (χ4v) is 3.15. The zero-order chi connectivity index (χ0) is 13.0. The van der Waals surface area contributed by atoms with Crippen molar-refractivity contribution < 1.29 is 0 Å². The molecule has 0 aromatic rings. The number of fused-ring (bicyclic) bond motifs is 1. The summed E-state index contributed by atoms with van der Waals surface area (Å²) < 4.78 is 0. The van der Waals surface area contributed by atoms with Crippen LogP contribution >= 0.6 is 0 Å². The van der Waals surface area contributed by atoms with E-state index in [1.807, 2.05) is 6.92 Å². The van der Waals surface area contributed by atoms with E-state index in [1.54, 1.807) is 0 Å². The third kappa shape index (κ3) is 3.68. The SMILES string of the molecule is CC(N)(C#N)CCCN1CCN2CCCCC2C1. The van der Waals surface area contributed by atoms with Crippen molar-refractivity contribution in [3.8, 4) is 6.07 Å². The van der Waals surface area contributed by atoms with Gasteiger partial charge in [0.15, 0.2) is 0 Å². The Morgan fingerprint density at radius 3 is 2.94 bits per heavy atom. The van der Waals surface area contributed by atoms with Crippen LogP contribution in [0.4, 0.5) is 0 Å². The van der Waals surface area contributed by atoms with Crippen molar-refractivity contribution in [1.82, 2.24) is 9.80 Å². The topological polar surface area (TPSA) is 56.3 Å². The summed E-state index contributed by atoms with van der Waals surface area (Å²) in [6.45, 7) is 7.85. The maximum atomic E-state index is 8.89. The molecule has 2 fully saturated rings. The van der Waals surface area contributed by atoms with Gasteiger partial charge in [-0.05, 0) is 45.7 Å². The van der Waals surface area contributed by atoms with Crippen LogP contribution < -0.4 is 5.73 Å². The largest absolute Gasteiger partial charge is 0.314 e. The Balaban J connectivity index is 1.70. The summed E-state index contributed by atoms with van der Waals surface area (Å²) in [4.78, 5) is 5.21. The maximum Gasteiger partial charge on any atom is 0.101 e. The van der Waals surface area contributed by atoms with Crippen LogP contribution in [0.25, 0.3) is 0 Å². The van der Waals surface area contributed by atoms with Gasteiger partial charge >= 0.3 is 0 Å². The third-order valence-electron chi connectivity index (χ3n) is 4.35. The van der Waals surface area contributed by atoms with Gasteiger partial charge < -0.3 is 10.6 Å². The zero-order valence-corrected chi connectivity index (χ0v) is 11.6. The first kappa shape index (κ1) is 13.8. The van der Waals surface area contributed by atoms with E-state index in [9.17, 15) is 0 Å². The Bertz CT molecular complexity index is 307. The van der Waals surface area contributed by atoms with Crippen molar-refractivity contribution in [2.45, 2.75) is 50.6 Å². The van der Waals surface area contributed by atoms with Crippen molar-refractivity contribution in [2.75, 3.05) is 32.7 Å². The van der Waals surface area contributed by atoms with E-state index in [0.29, 0.717) is 0 Å². The third-order valence-corrected chi connectivity index (χ3v) is 4.35. The van der Waals surface area contributed by atoms with Crippen LogP contribution in [-0.2, 0) is 0 Å². The Morgan fingerprint density at radius 1 is 1.33 bits per heavy atom. The van der Waals surface area contributed by atoms with E-state index < -0.39 is 5.54 Å². The number of hydrogen-bond donors (Lipinski definition) is 1. The summed E-state index contributed by atoms with van der Waals surface area (Å²) in [5.41, 5.74) is 5.20. The molecule has 2 unspecified atom stereocenters. The number of piperidine rings is 1. The molecule has 0 saturated carbocycles. The van der Waals surface area contributed by atoms with Crippen molar-refractivity contribution in [2.24, 2.45) is 5.73 Å². The lowest BCUT2D eigenvalue weighted by Crippen LogP contribution is -2.54. The monoisotopic (exact) mass is 250 g/mol. The van der Waals surface area contributed by atoms with E-state index in [0.717, 1.165) is 25.4 Å². The smallest absolute Gasteiger partial charge is 0.101 e. The number of hydrogen-bond acceptors (Lipinski definition) is 4. The fraction of sp³-hybridized carbons (Fsp3) is 0.929. The molecule has 0 spiro atoms. The minimum atomic E-state index is -0.646. The van der Waals surface area contributed by atoms with Gasteiger partial charge in [0, 0.05) is 25.7 Å². The van der Waals surface area contributed by atoms with Crippen molar-refractivity contribution in [3.05, 3.63) is 0 Å². The molecule has 2 atom stereocenters. The maximum absolute atomic E-state index is 8.89. The molecule has 2 N–H and O–H groups in total. The van der Waals surface area contributed by atoms with Gasteiger partial charge in [0.25, 0.3) is 0 Å². The molecule has 0 aliphatic carbocycles. The average molecular weight is 250 g/mol. The first-order valence-electron chi connectivity index (χ1n) is 7.27. The number of nitrogens with two attached hydrogens (primary N) is 1. The molecule has 2 rings (SSSR count). The van der Waals surface area contributed by atoms with Crippen LogP contribution in [0.2, 0.25) is 0 Å². The minimum Gasteiger partial charge on any atom is -0.314 e. The Morgan fingerprint density at radius 2 is 2.17 bits per heavy atom. The summed E-state index contributed by atoms with van der Waals surface area (Å²) in [6, 6.07) is 2.96. The fourth-order valence-electron chi connectivity index (χ4n) is 3.15. The molecule has 2 heterocycles. The molecule has 4 nitrogen and oxygen atoms in total. The summed E-state index contributed by atoms with van der Waals surface area (Å²) in [7, 11) is 0. The zero-order valence-electron chi connectivity index (χ0n) is 11.6. The summed E-state index contributed by atoms with van der Waals surface area (Å²) in [5, 5.41) is 8.89. The summed E-state index contributed by atoms with van der Waals surface area (Å²) >= 11 is 0. The van der Waals surface area contributed by atoms with Gasteiger partial charge in [0.2, 0.25) is 0 Å². The van der Waals surface area contributed by atoms with E-state index in [4.69, 9.17) is 11.0 Å². The molecule has 0 bridgehead atoms. The number of piperazine rings is 1. The highest BCUT2D eigenvalue weighted by Crippen LogP contribution is 2.21. The van der Waals surface area contributed by atoms with Gasteiger partial charge in [-0.1, -0.05) is 6.42 Å². The molecule has 102 valence electrons. The molecular weight excluding hydrogens is 224 g/mol. The van der Waals surface area contributed by atoms with Crippen molar-refractivity contribution >= 4 is 0 Å². The van der Waals surface area contributed by atoms with Crippen LogP contribution in [0.1, 0.15) is 39.0 Å². The van der Waals surface area contributed by atoms with E-state index in [-0.39, 0.29) is 0 Å². The molecule has 2 aliphatic rings. The van der Waals surface area contributed by atoms with E-state index in [2.05, 4.69) is 15.9 Å². The number of rotatable bonds is 4.